The minimum atomic E-state index is 0.669. The second-order valence-electron chi connectivity index (χ2n) is 5.15. The van der Waals surface area contributed by atoms with Gasteiger partial charge >= 0.3 is 0 Å². The Hall–Kier alpha value is -1.13. The van der Waals surface area contributed by atoms with Gasteiger partial charge in [0.1, 0.15) is 5.82 Å². The van der Waals surface area contributed by atoms with Crippen LogP contribution in [-0.4, -0.2) is 16.5 Å². The van der Waals surface area contributed by atoms with Crippen molar-refractivity contribution in [2.45, 2.75) is 26.8 Å². The van der Waals surface area contributed by atoms with Crippen molar-refractivity contribution in [3.05, 3.63) is 52.0 Å². The minimum absolute atomic E-state index is 0.669. The zero-order valence-corrected chi connectivity index (χ0v) is 13.0. The summed E-state index contributed by atoms with van der Waals surface area (Å²) in [5.41, 5.74) is 2.39. The molecular formula is C15H20BrN3. The number of benzene rings is 1. The van der Waals surface area contributed by atoms with Crippen molar-refractivity contribution in [3.63, 3.8) is 0 Å². The predicted molar refractivity (Wildman–Crippen MR) is 82.1 cm³/mol. The quantitative estimate of drug-likeness (QED) is 0.854. The second kappa shape index (κ2) is 6.87. The van der Waals surface area contributed by atoms with Crippen LogP contribution in [0.25, 0.3) is 0 Å². The smallest absolute Gasteiger partial charge is 0.110 e. The van der Waals surface area contributed by atoms with Crippen LogP contribution in [-0.2, 0) is 13.0 Å². The number of H-pyrrole nitrogens is 1. The average Bonchev–Trinajstić information content (AvgIpc) is 2.79. The van der Waals surface area contributed by atoms with E-state index in [1.54, 1.807) is 0 Å². The molecule has 0 radical (unpaired) electrons. The van der Waals surface area contributed by atoms with Crippen molar-refractivity contribution in [3.8, 4) is 0 Å². The summed E-state index contributed by atoms with van der Waals surface area (Å²) in [4.78, 5) is 7.80. The summed E-state index contributed by atoms with van der Waals surface area (Å²) in [5.74, 6) is 1.68. The summed E-state index contributed by atoms with van der Waals surface area (Å²) in [6.45, 7) is 6.29. The van der Waals surface area contributed by atoms with E-state index in [1.807, 2.05) is 18.3 Å². The van der Waals surface area contributed by atoms with E-state index in [9.17, 15) is 0 Å². The Bertz CT molecular complexity index is 520. The highest BCUT2D eigenvalue weighted by atomic mass is 79.9. The van der Waals surface area contributed by atoms with E-state index in [-0.39, 0.29) is 0 Å². The van der Waals surface area contributed by atoms with Crippen LogP contribution in [0.15, 0.2) is 34.9 Å². The van der Waals surface area contributed by atoms with Gasteiger partial charge in [-0.3, -0.25) is 0 Å². The molecule has 0 aliphatic rings. The van der Waals surface area contributed by atoms with Crippen LogP contribution >= 0.6 is 15.9 Å². The normalized spacial score (nSPS) is 11.2. The molecular weight excluding hydrogens is 302 g/mol. The Morgan fingerprint density at radius 3 is 2.84 bits per heavy atom. The van der Waals surface area contributed by atoms with Crippen molar-refractivity contribution in [1.82, 2.24) is 15.3 Å². The van der Waals surface area contributed by atoms with E-state index in [1.165, 1.54) is 5.56 Å². The molecule has 0 atom stereocenters. The average molecular weight is 322 g/mol. The number of imidazole rings is 1. The van der Waals surface area contributed by atoms with Crippen LogP contribution < -0.4 is 5.32 Å². The Morgan fingerprint density at radius 1 is 1.32 bits per heavy atom. The van der Waals surface area contributed by atoms with Crippen LogP contribution in [0.1, 0.15) is 30.9 Å². The lowest BCUT2D eigenvalue weighted by atomic mass is 10.1. The maximum Gasteiger partial charge on any atom is 0.110 e. The molecule has 1 aromatic heterocycles. The summed E-state index contributed by atoms with van der Waals surface area (Å²) in [6.07, 6.45) is 2.74. The highest BCUT2D eigenvalue weighted by Crippen LogP contribution is 2.18. The van der Waals surface area contributed by atoms with Gasteiger partial charge in [-0.2, -0.15) is 0 Å². The highest BCUT2D eigenvalue weighted by molar-refractivity contribution is 9.10. The molecule has 0 spiro atoms. The minimum Gasteiger partial charge on any atom is -0.345 e. The summed E-state index contributed by atoms with van der Waals surface area (Å²) in [5, 5.41) is 3.41. The van der Waals surface area contributed by atoms with Gasteiger partial charge in [-0.1, -0.05) is 48.0 Å². The van der Waals surface area contributed by atoms with Crippen LogP contribution in [0.2, 0.25) is 0 Å². The van der Waals surface area contributed by atoms with Gasteiger partial charge in [0, 0.05) is 29.3 Å². The first kappa shape index (κ1) is 14.3. The van der Waals surface area contributed by atoms with Crippen LogP contribution in [0.4, 0.5) is 0 Å². The standard InChI is InChI=1S/C15H20BrN3/c1-11(2)8-17-9-13-10-18-15(19-13)7-12-5-3-4-6-14(12)16/h3-6,10-11,17H,7-9H2,1-2H3,(H,18,19). The van der Waals surface area contributed by atoms with Crippen molar-refractivity contribution in [2.24, 2.45) is 5.92 Å². The van der Waals surface area contributed by atoms with Gasteiger partial charge in [0.15, 0.2) is 0 Å². The number of aromatic amines is 1. The third kappa shape index (κ3) is 4.48. The SMILES string of the molecule is CC(C)CNCc1cnc(Cc2ccccc2Br)[nH]1. The Morgan fingerprint density at radius 2 is 2.11 bits per heavy atom. The maximum atomic E-state index is 4.43. The first-order chi connectivity index (χ1) is 9.15. The van der Waals surface area contributed by atoms with Gasteiger partial charge < -0.3 is 10.3 Å². The Labute approximate surface area is 123 Å². The lowest BCUT2D eigenvalue weighted by Gasteiger charge is -2.05. The number of nitrogens with one attached hydrogen (secondary N) is 2. The maximum absolute atomic E-state index is 4.43. The third-order valence-electron chi connectivity index (χ3n) is 2.86. The van der Waals surface area contributed by atoms with E-state index in [0.717, 1.165) is 35.5 Å². The third-order valence-corrected chi connectivity index (χ3v) is 3.64. The molecule has 0 saturated heterocycles. The fourth-order valence-corrected chi connectivity index (χ4v) is 2.33. The molecule has 2 rings (SSSR count). The van der Waals surface area contributed by atoms with Crippen LogP contribution in [0.5, 0.6) is 0 Å². The molecule has 0 aliphatic heterocycles. The molecule has 2 aromatic rings. The fourth-order valence-electron chi connectivity index (χ4n) is 1.90. The molecule has 2 N–H and O–H groups in total. The first-order valence-electron chi connectivity index (χ1n) is 6.62. The summed E-state index contributed by atoms with van der Waals surface area (Å²) in [7, 11) is 0. The summed E-state index contributed by atoms with van der Waals surface area (Å²) >= 11 is 3.56. The zero-order valence-electron chi connectivity index (χ0n) is 11.4. The lowest BCUT2D eigenvalue weighted by molar-refractivity contribution is 0.548. The Kier molecular flexibility index (Phi) is 5.16. The fraction of sp³-hybridized carbons (Fsp3) is 0.400. The van der Waals surface area contributed by atoms with Gasteiger partial charge in [-0.25, -0.2) is 4.98 Å². The molecule has 0 unspecified atom stereocenters. The largest absolute Gasteiger partial charge is 0.345 e. The van der Waals surface area contributed by atoms with E-state index >= 15 is 0 Å². The molecule has 0 saturated carbocycles. The lowest BCUT2D eigenvalue weighted by Crippen LogP contribution is -2.19. The van der Waals surface area contributed by atoms with Gasteiger partial charge in [-0.05, 0) is 24.1 Å². The summed E-state index contributed by atoms with van der Waals surface area (Å²) in [6, 6.07) is 8.25. The molecule has 0 amide bonds. The molecule has 19 heavy (non-hydrogen) atoms. The van der Waals surface area contributed by atoms with Crippen molar-refractivity contribution < 1.29 is 0 Å². The topological polar surface area (TPSA) is 40.7 Å². The number of hydrogen-bond acceptors (Lipinski definition) is 2. The number of rotatable bonds is 6. The molecule has 0 bridgehead atoms. The van der Waals surface area contributed by atoms with Crippen molar-refractivity contribution >= 4 is 15.9 Å². The Balaban J connectivity index is 1.92. The monoisotopic (exact) mass is 321 g/mol. The molecule has 4 heteroatoms. The van der Waals surface area contributed by atoms with Crippen molar-refractivity contribution in [2.75, 3.05) is 6.54 Å². The van der Waals surface area contributed by atoms with Gasteiger partial charge in [0.25, 0.3) is 0 Å². The second-order valence-corrected chi connectivity index (χ2v) is 6.00. The highest BCUT2D eigenvalue weighted by Gasteiger charge is 2.04. The zero-order chi connectivity index (χ0) is 13.7. The van der Waals surface area contributed by atoms with E-state index in [4.69, 9.17) is 0 Å². The summed E-state index contributed by atoms with van der Waals surface area (Å²) < 4.78 is 1.13. The number of aromatic nitrogens is 2. The van der Waals surface area contributed by atoms with Crippen LogP contribution in [0.3, 0.4) is 0 Å². The van der Waals surface area contributed by atoms with Gasteiger partial charge in [0.2, 0.25) is 0 Å². The molecule has 1 aromatic carbocycles. The van der Waals surface area contributed by atoms with Crippen LogP contribution in [0, 0.1) is 5.92 Å². The van der Waals surface area contributed by atoms with E-state index < -0.39 is 0 Å². The first-order valence-corrected chi connectivity index (χ1v) is 7.41. The molecule has 0 aliphatic carbocycles. The number of nitrogens with zero attached hydrogens (tertiary/aromatic N) is 1. The molecule has 3 nitrogen and oxygen atoms in total. The number of halogens is 1. The molecule has 0 fully saturated rings. The molecule has 1 heterocycles. The van der Waals surface area contributed by atoms with Gasteiger partial charge in [0.05, 0.1) is 0 Å². The van der Waals surface area contributed by atoms with E-state index in [2.05, 4.69) is 57.2 Å². The van der Waals surface area contributed by atoms with Crippen molar-refractivity contribution in [1.29, 1.82) is 0 Å². The van der Waals surface area contributed by atoms with Gasteiger partial charge in [-0.15, -0.1) is 0 Å². The number of hydrogen-bond donors (Lipinski definition) is 2. The molecule has 102 valence electrons. The van der Waals surface area contributed by atoms with E-state index in [0.29, 0.717) is 5.92 Å². The predicted octanol–water partition coefficient (Wildman–Crippen LogP) is 3.51.